The van der Waals surface area contributed by atoms with E-state index in [0.717, 1.165) is 111 Å². The molecule has 0 saturated carbocycles. The minimum Gasteiger partial charge on any atom is -0.507 e. The van der Waals surface area contributed by atoms with E-state index in [-0.39, 0.29) is 24.4 Å². The summed E-state index contributed by atoms with van der Waals surface area (Å²) in [6.07, 6.45) is 6.11. The minimum atomic E-state index is -0.126. The maximum atomic E-state index is 10.7. The lowest BCUT2D eigenvalue weighted by Crippen LogP contribution is -2.43. The Labute approximate surface area is 363 Å². The first-order valence-electron chi connectivity index (χ1n) is 22.7. The van der Waals surface area contributed by atoms with Gasteiger partial charge in [0, 0.05) is 56.1 Å². The largest absolute Gasteiger partial charge is 0.507 e. The van der Waals surface area contributed by atoms with Gasteiger partial charge in [-0.15, -0.1) is 0 Å². The summed E-state index contributed by atoms with van der Waals surface area (Å²) in [7, 11) is 0. The molecule has 0 bridgehead atoms. The average molecular weight is 823 g/mol. The number of benzene rings is 5. The zero-order valence-electron chi connectivity index (χ0n) is 36.2. The number of rotatable bonds is 10. The van der Waals surface area contributed by atoms with Crippen molar-refractivity contribution in [1.29, 1.82) is 0 Å². The van der Waals surface area contributed by atoms with Gasteiger partial charge in [-0.1, -0.05) is 115 Å². The van der Waals surface area contributed by atoms with Gasteiger partial charge in [0.25, 0.3) is 0 Å². The van der Waals surface area contributed by atoms with Gasteiger partial charge in [-0.3, -0.25) is 4.90 Å². The quantitative estimate of drug-likeness (QED) is 0.111. The Morgan fingerprint density at radius 1 is 0.557 bits per heavy atom. The SMILES string of the molecule is Cc1ccc2c(c1O)C[C@@H](C1CCN(CC(c3ccccc3)c3ccccc3)CC1)O[C@H]2CN.Cc1ccc2c(c1O)C[C@@H](C1CCN(Cc3ccccc3)CC1)O[C@H]2CN. The highest BCUT2D eigenvalue weighted by Gasteiger charge is 2.37. The molecule has 2 saturated heterocycles. The van der Waals surface area contributed by atoms with Gasteiger partial charge in [0.05, 0.1) is 24.4 Å². The van der Waals surface area contributed by atoms with Crippen LogP contribution in [0.5, 0.6) is 11.5 Å². The van der Waals surface area contributed by atoms with Crippen molar-refractivity contribution < 1.29 is 19.7 Å². The summed E-state index contributed by atoms with van der Waals surface area (Å²) in [5.74, 6) is 2.25. The molecule has 4 aliphatic heterocycles. The number of likely N-dealkylation sites (tertiary alicyclic amines) is 2. The Morgan fingerprint density at radius 2 is 0.967 bits per heavy atom. The van der Waals surface area contributed by atoms with Crippen LogP contribution in [0.1, 0.15) is 93.9 Å². The van der Waals surface area contributed by atoms with Gasteiger partial charge < -0.3 is 36.1 Å². The van der Waals surface area contributed by atoms with Crippen LogP contribution in [0.4, 0.5) is 0 Å². The molecule has 5 aromatic carbocycles. The predicted octanol–water partition coefficient (Wildman–Crippen LogP) is 8.74. The summed E-state index contributed by atoms with van der Waals surface area (Å²) in [5.41, 5.74) is 22.3. The molecule has 8 nitrogen and oxygen atoms in total. The first kappa shape index (κ1) is 43.1. The number of hydrogen-bond donors (Lipinski definition) is 4. The van der Waals surface area contributed by atoms with Crippen LogP contribution >= 0.6 is 0 Å². The number of nitrogens with zero attached hydrogens (tertiary/aromatic N) is 2. The van der Waals surface area contributed by atoms with E-state index in [1.165, 1.54) is 16.7 Å². The monoisotopic (exact) mass is 823 g/mol. The van der Waals surface area contributed by atoms with Crippen LogP contribution in [0.25, 0.3) is 0 Å². The fourth-order valence-corrected chi connectivity index (χ4v) is 10.4. The molecule has 0 spiro atoms. The second-order valence-corrected chi connectivity index (χ2v) is 17.9. The average Bonchev–Trinajstić information content (AvgIpc) is 3.31. The van der Waals surface area contributed by atoms with E-state index in [4.69, 9.17) is 20.9 Å². The molecule has 9 rings (SSSR count). The number of phenolic OH excluding ortho intramolecular Hbond substituents is 2. The predicted molar refractivity (Wildman–Crippen MR) is 245 cm³/mol. The van der Waals surface area contributed by atoms with E-state index < -0.39 is 0 Å². The number of piperidine rings is 2. The van der Waals surface area contributed by atoms with Crippen molar-refractivity contribution in [3.8, 4) is 11.5 Å². The lowest BCUT2D eigenvalue weighted by molar-refractivity contribution is -0.0651. The molecular weight excluding hydrogens is 757 g/mol. The summed E-state index contributed by atoms with van der Waals surface area (Å²) < 4.78 is 12.9. The summed E-state index contributed by atoms with van der Waals surface area (Å²) in [5, 5.41) is 21.3. The molecule has 6 N–H and O–H groups in total. The van der Waals surface area contributed by atoms with Gasteiger partial charge in [0.2, 0.25) is 0 Å². The van der Waals surface area contributed by atoms with Gasteiger partial charge in [0.1, 0.15) is 11.5 Å². The van der Waals surface area contributed by atoms with Gasteiger partial charge in [0.15, 0.2) is 0 Å². The van der Waals surface area contributed by atoms with E-state index in [0.29, 0.717) is 42.3 Å². The van der Waals surface area contributed by atoms with Gasteiger partial charge in [-0.05, 0) is 116 Å². The number of hydrogen-bond acceptors (Lipinski definition) is 8. The summed E-state index contributed by atoms with van der Waals surface area (Å²) in [6.45, 7) is 11.2. The highest BCUT2D eigenvalue weighted by molar-refractivity contribution is 5.48. The summed E-state index contributed by atoms with van der Waals surface area (Å²) in [6, 6.07) is 40.5. The Morgan fingerprint density at radius 3 is 1.39 bits per heavy atom. The molecule has 322 valence electrons. The fourth-order valence-electron chi connectivity index (χ4n) is 10.4. The molecule has 2 fully saturated rings. The van der Waals surface area contributed by atoms with E-state index >= 15 is 0 Å². The number of phenols is 2. The van der Waals surface area contributed by atoms with Crippen LogP contribution < -0.4 is 11.5 Å². The molecule has 61 heavy (non-hydrogen) atoms. The minimum absolute atomic E-state index is 0.104. The van der Waals surface area contributed by atoms with Crippen molar-refractivity contribution in [3.63, 3.8) is 0 Å². The van der Waals surface area contributed by atoms with Crippen LogP contribution in [0.2, 0.25) is 0 Å². The van der Waals surface area contributed by atoms with Gasteiger partial charge in [-0.2, -0.15) is 0 Å². The molecule has 0 amide bonds. The van der Waals surface area contributed by atoms with Crippen LogP contribution in [0.15, 0.2) is 115 Å². The third-order valence-electron chi connectivity index (χ3n) is 14.1. The van der Waals surface area contributed by atoms with Crippen molar-refractivity contribution in [2.45, 2.75) is 89.3 Å². The van der Waals surface area contributed by atoms with Crippen molar-refractivity contribution >= 4 is 0 Å². The molecule has 8 heteroatoms. The smallest absolute Gasteiger partial charge is 0.122 e. The van der Waals surface area contributed by atoms with Crippen molar-refractivity contribution in [2.75, 3.05) is 45.8 Å². The highest BCUT2D eigenvalue weighted by Crippen LogP contribution is 2.42. The molecule has 0 radical (unpaired) electrons. The first-order chi connectivity index (χ1) is 29.8. The lowest BCUT2D eigenvalue weighted by atomic mass is 9.82. The second kappa shape index (κ2) is 20.1. The molecule has 0 aromatic heterocycles. The summed E-state index contributed by atoms with van der Waals surface area (Å²) >= 11 is 0. The van der Waals surface area contributed by atoms with E-state index in [9.17, 15) is 10.2 Å². The molecular formula is C53H66N4O4. The molecule has 4 aliphatic rings. The van der Waals surface area contributed by atoms with E-state index in [1.807, 2.05) is 26.0 Å². The Kier molecular flexibility index (Phi) is 14.2. The number of ether oxygens (including phenoxy) is 2. The highest BCUT2D eigenvalue weighted by atomic mass is 16.5. The van der Waals surface area contributed by atoms with Crippen LogP contribution in [-0.2, 0) is 28.9 Å². The standard InChI is InChI=1S/C30H36N2O2.C23H30N2O2/c1-21-12-13-25-26(30(21)33)18-28(34-29(25)19-31)24-14-16-32(17-15-24)20-27(22-8-4-2-5-9-22)23-10-6-3-7-11-23;1-16-7-8-19-20(23(16)26)13-21(27-22(19)14-24)18-9-11-25(12-10-18)15-17-5-3-2-4-6-17/h2-13,24,27-29,33H,14-20,31H2,1H3;2-8,18,21-22,26H,9-15,24H2,1H3/t28-,29-;21-,22-/m00/s1. The number of aromatic hydroxyl groups is 2. The molecule has 0 aliphatic carbocycles. The maximum absolute atomic E-state index is 10.7. The van der Waals surface area contributed by atoms with E-state index in [1.54, 1.807) is 0 Å². The van der Waals surface area contributed by atoms with Crippen LogP contribution in [0, 0.1) is 25.7 Å². The number of aryl methyl sites for hydroxylation is 2. The summed E-state index contributed by atoms with van der Waals surface area (Å²) in [4.78, 5) is 5.14. The van der Waals surface area contributed by atoms with Crippen LogP contribution in [0.3, 0.4) is 0 Å². The molecule has 4 atom stereocenters. The fraction of sp³-hybridized carbons (Fsp3) is 0.434. The Hall–Kier alpha value is -4.54. The zero-order chi connectivity index (χ0) is 42.3. The van der Waals surface area contributed by atoms with Crippen molar-refractivity contribution in [3.05, 3.63) is 165 Å². The number of nitrogens with two attached hydrogens (primary N) is 2. The molecule has 0 unspecified atom stereocenters. The van der Waals surface area contributed by atoms with Crippen molar-refractivity contribution in [1.82, 2.24) is 9.80 Å². The third kappa shape index (κ3) is 10.1. The Balaban J connectivity index is 0.000000173. The van der Waals surface area contributed by atoms with Crippen LogP contribution in [-0.4, -0.2) is 78.0 Å². The van der Waals surface area contributed by atoms with Gasteiger partial charge >= 0.3 is 0 Å². The topological polar surface area (TPSA) is 117 Å². The molecule has 5 aromatic rings. The van der Waals surface area contributed by atoms with Crippen molar-refractivity contribution in [2.24, 2.45) is 23.3 Å². The maximum Gasteiger partial charge on any atom is 0.122 e. The third-order valence-corrected chi connectivity index (χ3v) is 14.1. The first-order valence-corrected chi connectivity index (χ1v) is 22.7. The zero-order valence-corrected chi connectivity index (χ0v) is 36.2. The van der Waals surface area contributed by atoms with E-state index in [2.05, 4.69) is 113 Å². The molecule has 4 heterocycles. The van der Waals surface area contributed by atoms with Gasteiger partial charge in [-0.25, -0.2) is 0 Å². The lowest BCUT2D eigenvalue weighted by Gasteiger charge is -2.41. The Bertz CT molecular complexity index is 2110. The number of fused-ring (bicyclic) bond motifs is 2. The normalized spacial score (nSPS) is 22.6. The second-order valence-electron chi connectivity index (χ2n) is 17.9.